The third-order valence-electron chi connectivity index (χ3n) is 2.04. The molecule has 1 heterocycles. The van der Waals surface area contributed by atoms with Gasteiger partial charge in [-0.05, 0) is 34.7 Å². The zero-order valence-electron chi connectivity index (χ0n) is 7.41. The molecule has 2 aromatic rings. The zero-order valence-corrected chi connectivity index (χ0v) is 9.57. The summed E-state index contributed by atoms with van der Waals surface area (Å²) in [6.07, 6.45) is 0. The maximum Gasteiger partial charge on any atom is 0.172 e. The minimum absolute atomic E-state index is 0.830. The number of nitrogens with zero attached hydrogens (tertiary/aromatic N) is 2. The molecule has 0 aliphatic heterocycles. The fraction of sp³-hybridized carbons (Fsp3) is 0.222. The van der Waals surface area contributed by atoms with E-state index >= 15 is 0 Å². The van der Waals surface area contributed by atoms with Crippen molar-refractivity contribution in [3.05, 3.63) is 22.0 Å². The first-order valence-corrected chi connectivity index (χ1v) is 4.97. The van der Waals surface area contributed by atoms with E-state index in [1.807, 2.05) is 29.8 Å². The first-order valence-electron chi connectivity index (χ1n) is 3.89. The lowest BCUT2D eigenvalue weighted by Crippen LogP contribution is -1.89. The number of hydrogen-bond acceptors (Lipinski definition) is 2. The average molecular weight is 288 g/mol. The number of rotatable bonds is 1. The minimum atomic E-state index is 0.830. The molecule has 68 valence electrons. The number of methoxy groups -OCH3 is 1. The predicted molar refractivity (Wildman–Crippen MR) is 60.0 cm³/mol. The summed E-state index contributed by atoms with van der Waals surface area (Å²) in [7, 11) is 3.66. The lowest BCUT2D eigenvalue weighted by molar-refractivity contribution is 0.419. The van der Waals surface area contributed by atoms with Gasteiger partial charge in [-0.2, -0.15) is 0 Å². The summed E-state index contributed by atoms with van der Waals surface area (Å²) in [6, 6.07) is 5.93. The van der Waals surface area contributed by atoms with Crippen LogP contribution in [-0.4, -0.2) is 16.7 Å². The Hall–Kier alpha value is -0.780. The van der Waals surface area contributed by atoms with Gasteiger partial charge in [-0.1, -0.05) is 6.07 Å². The summed E-state index contributed by atoms with van der Waals surface area (Å²) in [4.78, 5) is 4.41. The maximum atomic E-state index is 5.22. The van der Waals surface area contributed by atoms with Crippen molar-refractivity contribution in [2.75, 3.05) is 7.11 Å². The van der Waals surface area contributed by atoms with E-state index in [1.165, 1.54) is 0 Å². The van der Waals surface area contributed by atoms with Crippen LogP contribution in [0.4, 0.5) is 0 Å². The van der Waals surface area contributed by atoms with Gasteiger partial charge in [0.25, 0.3) is 0 Å². The van der Waals surface area contributed by atoms with Crippen LogP contribution in [0.5, 0.6) is 5.75 Å². The van der Waals surface area contributed by atoms with E-state index in [9.17, 15) is 0 Å². The summed E-state index contributed by atoms with van der Waals surface area (Å²) < 4.78 is 8.23. The monoisotopic (exact) mass is 288 g/mol. The number of benzene rings is 1. The second kappa shape index (κ2) is 3.17. The summed E-state index contributed by atoms with van der Waals surface area (Å²) in [5.74, 6) is 0.830. The fourth-order valence-electron chi connectivity index (χ4n) is 1.33. The molecule has 0 aliphatic rings. The first kappa shape index (κ1) is 8.80. The van der Waals surface area contributed by atoms with E-state index in [1.54, 1.807) is 7.11 Å². The molecule has 1 aromatic carbocycles. The van der Waals surface area contributed by atoms with Gasteiger partial charge in [0.2, 0.25) is 0 Å². The van der Waals surface area contributed by atoms with E-state index < -0.39 is 0 Å². The topological polar surface area (TPSA) is 27.1 Å². The van der Waals surface area contributed by atoms with Gasteiger partial charge < -0.3 is 9.30 Å². The molecule has 0 unspecified atom stereocenters. The largest absolute Gasteiger partial charge is 0.494 e. The maximum absolute atomic E-state index is 5.22. The molecule has 3 nitrogen and oxygen atoms in total. The highest BCUT2D eigenvalue weighted by Gasteiger charge is 2.08. The molecule has 0 bridgehead atoms. The van der Waals surface area contributed by atoms with Crippen molar-refractivity contribution in [1.82, 2.24) is 9.55 Å². The summed E-state index contributed by atoms with van der Waals surface area (Å²) in [5, 5.41) is 0. The molecule has 4 heteroatoms. The van der Waals surface area contributed by atoms with Gasteiger partial charge in [0.1, 0.15) is 11.3 Å². The summed E-state index contributed by atoms with van der Waals surface area (Å²) in [6.45, 7) is 0. The predicted octanol–water partition coefficient (Wildman–Crippen LogP) is 2.19. The summed E-state index contributed by atoms with van der Waals surface area (Å²) in [5.41, 5.74) is 2.03. The Morgan fingerprint density at radius 1 is 1.46 bits per heavy atom. The third-order valence-corrected chi connectivity index (χ3v) is 3.00. The Bertz CT molecular complexity index is 450. The molecular formula is C9H9IN2O. The van der Waals surface area contributed by atoms with Crippen LogP contribution in [0.3, 0.4) is 0 Å². The Balaban J connectivity index is 2.84. The van der Waals surface area contributed by atoms with E-state index in [4.69, 9.17) is 4.74 Å². The van der Waals surface area contributed by atoms with Crippen LogP contribution in [0.25, 0.3) is 11.0 Å². The van der Waals surface area contributed by atoms with Gasteiger partial charge in [-0.25, -0.2) is 4.98 Å². The molecule has 2 rings (SSSR count). The van der Waals surface area contributed by atoms with Crippen LogP contribution in [0, 0.1) is 3.83 Å². The smallest absolute Gasteiger partial charge is 0.172 e. The number of imidazole rings is 1. The summed E-state index contributed by atoms with van der Waals surface area (Å²) >= 11 is 2.21. The third kappa shape index (κ3) is 1.29. The van der Waals surface area contributed by atoms with Crippen LogP contribution >= 0.6 is 22.6 Å². The molecule has 13 heavy (non-hydrogen) atoms. The molecular weight excluding hydrogens is 279 g/mol. The van der Waals surface area contributed by atoms with Gasteiger partial charge in [0.15, 0.2) is 3.83 Å². The highest BCUT2D eigenvalue weighted by molar-refractivity contribution is 14.1. The fourth-order valence-corrected chi connectivity index (χ4v) is 1.83. The molecule has 0 saturated carbocycles. The lowest BCUT2D eigenvalue weighted by atomic mass is 10.3. The number of para-hydroxylation sites is 1. The van der Waals surface area contributed by atoms with E-state index in [0.29, 0.717) is 0 Å². The molecule has 0 radical (unpaired) electrons. The number of hydrogen-bond donors (Lipinski definition) is 0. The second-order valence-corrected chi connectivity index (χ2v) is 3.73. The van der Waals surface area contributed by atoms with E-state index in [0.717, 1.165) is 20.6 Å². The lowest BCUT2D eigenvalue weighted by Gasteiger charge is -1.99. The van der Waals surface area contributed by atoms with Gasteiger partial charge in [0.05, 0.1) is 12.6 Å². The average Bonchev–Trinajstić information content (AvgIpc) is 2.43. The standard InChI is InChI=1S/C9H9IN2O/c1-12-6-4-3-5-7(13-2)8(6)11-9(12)10/h3-5H,1-2H3. The van der Waals surface area contributed by atoms with Crippen LogP contribution in [0.2, 0.25) is 0 Å². The Morgan fingerprint density at radius 3 is 2.92 bits per heavy atom. The van der Waals surface area contributed by atoms with Crippen molar-refractivity contribution < 1.29 is 4.74 Å². The molecule has 0 N–H and O–H groups in total. The zero-order chi connectivity index (χ0) is 9.42. The SMILES string of the molecule is COc1cccc2c1nc(I)n2C. The van der Waals surface area contributed by atoms with Crippen LogP contribution in [0.15, 0.2) is 18.2 Å². The molecule has 0 spiro atoms. The van der Waals surface area contributed by atoms with Crippen LogP contribution < -0.4 is 4.74 Å². The molecule has 0 aliphatic carbocycles. The van der Waals surface area contributed by atoms with Gasteiger partial charge in [-0.3, -0.25) is 0 Å². The second-order valence-electron chi connectivity index (χ2n) is 2.77. The van der Waals surface area contributed by atoms with Crippen LogP contribution in [0.1, 0.15) is 0 Å². The number of aryl methyl sites for hydroxylation is 1. The van der Waals surface area contributed by atoms with Crippen molar-refractivity contribution in [3.8, 4) is 5.75 Å². The van der Waals surface area contributed by atoms with E-state index in [-0.39, 0.29) is 0 Å². The Morgan fingerprint density at radius 2 is 2.23 bits per heavy atom. The van der Waals surface area contributed by atoms with Crippen molar-refractivity contribution in [3.63, 3.8) is 0 Å². The van der Waals surface area contributed by atoms with Crippen molar-refractivity contribution in [2.24, 2.45) is 7.05 Å². The highest BCUT2D eigenvalue weighted by atomic mass is 127. The highest BCUT2D eigenvalue weighted by Crippen LogP contribution is 2.25. The van der Waals surface area contributed by atoms with Crippen molar-refractivity contribution in [1.29, 1.82) is 0 Å². The number of fused-ring (bicyclic) bond motifs is 1. The number of halogens is 1. The Labute approximate surface area is 89.9 Å². The van der Waals surface area contributed by atoms with Crippen molar-refractivity contribution in [2.45, 2.75) is 0 Å². The van der Waals surface area contributed by atoms with Crippen LogP contribution in [-0.2, 0) is 7.05 Å². The normalized spacial score (nSPS) is 10.7. The van der Waals surface area contributed by atoms with E-state index in [2.05, 4.69) is 27.6 Å². The molecule has 0 fully saturated rings. The van der Waals surface area contributed by atoms with Crippen molar-refractivity contribution >= 4 is 33.6 Å². The number of aromatic nitrogens is 2. The first-order chi connectivity index (χ1) is 6.24. The van der Waals surface area contributed by atoms with Gasteiger partial charge >= 0.3 is 0 Å². The molecule has 0 atom stereocenters. The number of ether oxygens (including phenoxy) is 1. The quantitative estimate of drug-likeness (QED) is 0.752. The molecule has 0 amide bonds. The molecule has 0 saturated heterocycles. The van der Waals surface area contributed by atoms with Gasteiger partial charge in [-0.15, -0.1) is 0 Å². The minimum Gasteiger partial charge on any atom is -0.494 e. The van der Waals surface area contributed by atoms with Gasteiger partial charge in [0, 0.05) is 7.05 Å². The Kier molecular flexibility index (Phi) is 2.15. The molecule has 1 aromatic heterocycles.